The van der Waals surface area contributed by atoms with Crippen molar-refractivity contribution in [3.8, 4) is 0 Å². The van der Waals surface area contributed by atoms with E-state index in [0.717, 1.165) is 17.8 Å². The third-order valence-electron chi connectivity index (χ3n) is 2.96. The monoisotopic (exact) mass is 155 g/mol. The normalized spacial score (nSPS) is 39.5. The summed E-state index contributed by atoms with van der Waals surface area (Å²) in [6.07, 6.45) is 3.89. The zero-order chi connectivity index (χ0) is 8.43. The maximum Gasteiger partial charge on any atom is 0.00441 e. The minimum Gasteiger partial charge on any atom is -0.328 e. The van der Waals surface area contributed by atoms with Crippen molar-refractivity contribution < 1.29 is 0 Å². The van der Waals surface area contributed by atoms with Crippen LogP contribution in [0, 0.1) is 17.8 Å². The van der Waals surface area contributed by atoms with E-state index in [9.17, 15) is 0 Å². The van der Waals surface area contributed by atoms with Crippen molar-refractivity contribution in [1.29, 1.82) is 0 Å². The molecule has 1 aliphatic rings. The van der Waals surface area contributed by atoms with E-state index >= 15 is 0 Å². The van der Waals surface area contributed by atoms with Gasteiger partial charge < -0.3 is 5.73 Å². The molecule has 1 heteroatoms. The van der Waals surface area contributed by atoms with Crippen LogP contribution < -0.4 is 5.73 Å². The van der Waals surface area contributed by atoms with Crippen molar-refractivity contribution in [3.63, 3.8) is 0 Å². The van der Waals surface area contributed by atoms with Crippen LogP contribution in [0.2, 0.25) is 0 Å². The Morgan fingerprint density at radius 1 is 1.18 bits per heavy atom. The lowest BCUT2D eigenvalue weighted by molar-refractivity contribution is 0.204. The molecule has 66 valence electrons. The largest absolute Gasteiger partial charge is 0.328 e. The van der Waals surface area contributed by atoms with Crippen LogP contribution in [-0.2, 0) is 0 Å². The first-order chi connectivity index (χ1) is 5.09. The first kappa shape index (κ1) is 9.05. The molecule has 1 nitrogen and oxygen atoms in total. The topological polar surface area (TPSA) is 26.0 Å². The van der Waals surface area contributed by atoms with Crippen molar-refractivity contribution in [2.45, 2.75) is 46.1 Å². The Bertz CT molecular complexity index is 110. The van der Waals surface area contributed by atoms with Crippen LogP contribution in [0.3, 0.4) is 0 Å². The van der Waals surface area contributed by atoms with Gasteiger partial charge in [-0.15, -0.1) is 0 Å². The summed E-state index contributed by atoms with van der Waals surface area (Å²) in [5.74, 6) is 2.56. The van der Waals surface area contributed by atoms with Gasteiger partial charge in [-0.1, -0.05) is 20.8 Å². The van der Waals surface area contributed by atoms with Gasteiger partial charge in [-0.05, 0) is 37.0 Å². The van der Waals surface area contributed by atoms with E-state index in [2.05, 4.69) is 20.8 Å². The maximum atomic E-state index is 5.95. The Balaban J connectivity index is 2.43. The second-order valence-electron chi connectivity index (χ2n) is 4.58. The van der Waals surface area contributed by atoms with Crippen molar-refractivity contribution in [2.75, 3.05) is 0 Å². The van der Waals surface area contributed by atoms with E-state index in [0.29, 0.717) is 6.04 Å². The van der Waals surface area contributed by atoms with Crippen LogP contribution in [0.15, 0.2) is 0 Å². The Kier molecular flexibility index (Phi) is 2.94. The van der Waals surface area contributed by atoms with Gasteiger partial charge in [0.2, 0.25) is 0 Å². The Labute approximate surface area is 70.4 Å². The SMILES string of the molecule is CC1C[C@H](N)C[C@H](C(C)C)C1. The molecule has 0 aromatic heterocycles. The number of rotatable bonds is 1. The Morgan fingerprint density at radius 3 is 2.27 bits per heavy atom. The molecule has 11 heavy (non-hydrogen) atoms. The van der Waals surface area contributed by atoms with Crippen LogP contribution in [0.25, 0.3) is 0 Å². The summed E-state index contributed by atoms with van der Waals surface area (Å²) in [5.41, 5.74) is 5.95. The van der Waals surface area contributed by atoms with E-state index in [1.54, 1.807) is 0 Å². The lowest BCUT2D eigenvalue weighted by Gasteiger charge is -2.33. The molecule has 0 aromatic carbocycles. The highest BCUT2D eigenvalue weighted by molar-refractivity contribution is 4.80. The molecule has 1 saturated carbocycles. The predicted molar refractivity (Wildman–Crippen MR) is 49.3 cm³/mol. The lowest BCUT2D eigenvalue weighted by Crippen LogP contribution is -2.33. The first-order valence-corrected chi connectivity index (χ1v) is 4.85. The van der Waals surface area contributed by atoms with Crippen molar-refractivity contribution >= 4 is 0 Å². The fourth-order valence-corrected chi connectivity index (χ4v) is 2.26. The molecule has 0 radical (unpaired) electrons. The summed E-state index contributed by atoms with van der Waals surface area (Å²) in [7, 11) is 0. The summed E-state index contributed by atoms with van der Waals surface area (Å²) >= 11 is 0. The van der Waals surface area contributed by atoms with Gasteiger partial charge in [-0.2, -0.15) is 0 Å². The molecule has 1 fully saturated rings. The molecule has 0 aromatic rings. The van der Waals surface area contributed by atoms with Crippen LogP contribution >= 0.6 is 0 Å². The number of nitrogens with two attached hydrogens (primary N) is 1. The van der Waals surface area contributed by atoms with Gasteiger partial charge in [-0.25, -0.2) is 0 Å². The van der Waals surface area contributed by atoms with Gasteiger partial charge in [0.25, 0.3) is 0 Å². The summed E-state index contributed by atoms with van der Waals surface area (Å²) in [6, 6.07) is 0.478. The minimum absolute atomic E-state index is 0.478. The fraction of sp³-hybridized carbons (Fsp3) is 1.00. The fourth-order valence-electron chi connectivity index (χ4n) is 2.26. The predicted octanol–water partition coefficient (Wildman–Crippen LogP) is 2.41. The third-order valence-corrected chi connectivity index (χ3v) is 2.96. The first-order valence-electron chi connectivity index (χ1n) is 4.85. The van der Waals surface area contributed by atoms with Gasteiger partial charge in [0, 0.05) is 6.04 Å². The van der Waals surface area contributed by atoms with Crippen LogP contribution in [0.5, 0.6) is 0 Å². The summed E-state index contributed by atoms with van der Waals surface area (Å²) < 4.78 is 0. The molecule has 1 rings (SSSR count). The van der Waals surface area contributed by atoms with E-state index in [4.69, 9.17) is 5.73 Å². The van der Waals surface area contributed by atoms with Crippen molar-refractivity contribution in [2.24, 2.45) is 23.5 Å². The third kappa shape index (κ3) is 2.48. The van der Waals surface area contributed by atoms with Gasteiger partial charge in [0.15, 0.2) is 0 Å². The number of hydrogen-bond acceptors (Lipinski definition) is 1. The molecule has 0 aliphatic heterocycles. The number of hydrogen-bond donors (Lipinski definition) is 1. The standard InChI is InChI=1S/C10H21N/c1-7(2)9-4-8(3)5-10(11)6-9/h7-10H,4-6,11H2,1-3H3/t8?,9-,10+/m1/s1. The summed E-state index contributed by atoms with van der Waals surface area (Å²) in [4.78, 5) is 0. The Hall–Kier alpha value is -0.0400. The molecule has 2 N–H and O–H groups in total. The Morgan fingerprint density at radius 2 is 1.82 bits per heavy atom. The summed E-state index contributed by atoms with van der Waals surface area (Å²) in [6.45, 7) is 6.96. The average Bonchev–Trinajstić information content (AvgIpc) is 1.85. The molecule has 0 amide bonds. The lowest BCUT2D eigenvalue weighted by atomic mass is 9.75. The molecular weight excluding hydrogens is 134 g/mol. The molecule has 0 bridgehead atoms. The zero-order valence-corrected chi connectivity index (χ0v) is 8.01. The highest BCUT2D eigenvalue weighted by Gasteiger charge is 2.25. The van der Waals surface area contributed by atoms with Gasteiger partial charge in [0.05, 0.1) is 0 Å². The smallest absolute Gasteiger partial charge is 0.00441 e. The van der Waals surface area contributed by atoms with Crippen molar-refractivity contribution in [1.82, 2.24) is 0 Å². The van der Waals surface area contributed by atoms with E-state index in [1.165, 1.54) is 19.3 Å². The second kappa shape index (κ2) is 3.57. The van der Waals surface area contributed by atoms with E-state index < -0.39 is 0 Å². The molecule has 0 heterocycles. The van der Waals surface area contributed by atoms with E-state index in [1.807, 2.05) is 0 Å². The van der Waals surface area contributed by atoms with Crippen LogP contribution in [-0.4, -0.2) is 6.04 Å². The second-order valence-corrected chi connectivity index (χ2v) is 4.58. The van der Waals surface area contributed by atoms with Gasteiger partial charge >= 0.3 is 0 Å². The molecule has 1 aliphatic carbocycles. The van der Waals surface area contributed by atoms with Crippen LogP contribution in [0.4, 0.5) is 0 Å². The highest BCUT2D eigenvalue weighted by atomic mass is 14.6. The maximum absolute atomic E-state index is 5.95. The van der Waals surface area contributed by atoms with Gasteiger partial charge in [0.1, 0.15) is 0 Å². The molecule has 1 unspecified atom stereocenters. The summed E-state index contributed by atoms with van der Waals surface area (Å²) in [5, 5.41) is 0. The van der Waals surface area contributed by atoms with Crippen LogP contribution in [0.1, 0.15) is 40.0 Å². The minimum atomic E-state index is 0.478. The zero-order valence-electron chi connectivity index (χ0n) is 8.01. The molecule has 0 saturated heterocycles. The molecular formula is C10H21N. The van der Waals surface area contributed by atoms with Crippen molar-refractivity contribution in [3.05, 3.63) is 0 Å². The van der Waals surface area contributed by atoms with E-state index in [-0.39, 0.29) is 0 Å². The highest BCUT2D eigenvalue weighted by Crippen LogP contribution is 2.32. The molecule has 0 spiro atoms. The molecule has 3 atom stereocenters. The van der Waals surface area contributed by atoms with Gasteiger partial charge in [-0.3, -0.25) is 0 Å². The quantitative estimate of drug-likeness (QED) is 0.618. The average molecular weight is 155 g/mol.